The van der Waals surface area contributed by atoms with E-state index in [-0.39, 0.29) is 17.9 Å². The molecule has 2 aromatic carbocycles. The molecule has 37 heavy (non-hydrogen) atoms. The number of nitrogens with one attached hydrogen (secondary N) is 1. The summed E-state index contributed by atoms with van der Waals surface area (Å²) in [4.78, 5) is 45.6. The lowest BCUT2D eigenvalue weighted by Crippen LogP contribution is -2.47. The number of carbonyl (C=O) groups excluding carboxylic acids is 3. The van der Waals surface area contributed by atoms with Crippen LogP contribution in [0.2, 0.25) is 0 Å². The van der Waals surface area contributed by atoms with E-state index in [4.69, 9.17) is 9.47 Å². The van der Waals surface area contributed by atoms with Crippen molar-refractivity contribution in [1.82, 2.24) is 15.1 Å². The standard InChI is InChI=1S/C28H32N4O5/c1-19(37-27(35)20-8-3-2-4-9-20)32(22-10-5-6-11-22)26(34)12-7-15-36-23-13-14-24-21(16-23)17-31-18-25(33)30-28(31)29-24/h2-4,8-9,13-14,16,19,22H,5-7,10-12,15,17-18H2,1H3,(H,29,30,33). The quantitative estimate of drug-likeness (QED) is 0.317. The zero-order chi connectivity index (χ0) is 25.8. The molecule has 2 heterocycles. The average molecular weight is 505 g/mol. The number of nitrogens with zero attached hydrogens (tertiary/aromatic N) is 3. The van der Waals surface area contributed by atoms with Crippen LogP contribution in [0.25, 0.3) is 0 Å². The fourth-order valence-electron chi connectivity index (χ4n) is 5.21. The number of benzene rings is 2. The van der Waals surface area contributed by atoms with Crippen molar-refractivity contribution in [3.8, 4) is 5.75 Å². The molecule has 2 aliphatic heterocycles. The molecule has 194 valence electrons. The molecule has 5 rings (SSSR count). The van der Waals surface area contributed by atoms with Crippen LogP contribution >= 0.6 is 0 Å². The van der Waals surface area contributed by atoms with Gasteiger partial charge in [0, 0.05) is 24.6 Å². The number of rotatable bonds is 9. The van der Waals surface area contributed by atoms with E-state index < -0.39 is 12.2 Å². The largest absolute Gasteiger partial charge is 0.494 e. The molecular formula is C28H32N4O5. The number of aliphatic imine (C=N–C) groups is 1. The van der Waals surface area contributed by atoms with Crippen LogP contribution in [0.1, 0.15) is 61.4 Å². The predicted molar refractivity (Wildman–Crippen MR) is 137 cm³/mol. The molecule has 1 N–H and O–H groups in total. The molecule has 1 saturated heterocycles. The first-order valence-corrected chi connectivity index (χ1v) is 12.9. The minimum atomic E-state index is -0.637. The van der Waals surface area contributed by atoms with Gasteiger partial charge in [0.15, 0.2) is 6.23 Å². The number of esters is 1. The summed E-state index contributed by atoms with van der Waals surface area (Å²) in [5.74, 6) is 0.803. The van der Waals surface area contributed by atoms with Crippen molar-refractivity contribution in [3.05, 3.63) is 59.7 Å². The summed E-state index contributed by atoms with van der Waals surface area (Å²) in [7, 11) is 0. The van der Waals surface area contributed by atoms with E-state index in [9.17, 15) is 14.4 Å². The highest BCUT2D eigenvalue weighted by Crippen LogP contribution is 2.31. The highest BCUT2D eigenvalue weighted by atomic mass is 16.6. The Morgan fingerprint density at radius 1 is 1.14 bits per heavy atom. The Labute approximate surface area is 216 Å². The second kappa shape index (κ2) is 11.0. The van der Waals surface area contributed by atoms with Gasteiger partial charge in [-0.3, -0.25) is 14.9 Å². The normalized spacial score (nSPS) is 17.4. The van der Waals surface area contributed by atoms with Crippen molar-refractivity contribution in [2.75, 3.05) is 13.2 Å². The summed E-state index contributed by atoms with van der Waals surface area (Å²) in [5, 5.41) is 2.76. The number of hydrogen-bond acceptors (Lipinski definition) is 7. The maximum absolute atomic E-state index is 13.3. The third-order valence-electron chi connectivity index (χ3n) is 7.01. The lowest BCUT2D eigenvalue weighted by atomic mass is 10.1. The van der Waals surface area contributed by atoms with Gasteiger partial charge in [0.2, 0.25) is 17.8 Å². The molecule has 3 aliphatic rings. The number of guanidine groups is 1. The molecule has 1 unspecified atom stereocenters. The minimum absolute atomic E-state index is 0.0256. The third kappa shape index (κ3) is 5.76. The third-order valence-corrected chi connectivity index (χ3v) is 7.01. The smallest absolute Gasteiger partial charge is 0.340 e. The summed E-state index contributed by atoms with van der Waals surface area (Å²) in [6.45, 7) is 3.07. The number of hydrogen-bond donors (Lipinski definition) is 1. The van der Waals surface area contributed by atoms with Gasteiger partial charge in [-0.05, 0) is 56.5 Å². The van der Waals surface area contributed by atoms with E-state index in [0.29, 0.717) is 49.8 Å². The van der Waals surface area contributed by atoms with Crippen LogP contribution < -0.4 is 10.1 Å². The number of ether oxygens (including phenoxy) is 2. The summed E-state index contributed by atoms with van der Waals surface area (Å²) in [6, 6.07) is 14.6. The van der Waals surface area contributed by atoms with Gasteiger partial charge in [-0.2, -0.15) is 0 Å². The monoisotopic (exact) mass is 504 g/mol. The van der Waals surface area contributed by atoms with Crippen molar-refractivity contribution in [3.63, 3.8) is 0 Å². The zero-order valence-electron chi connectivity index (χ0n) is 21.0. The number of fused-ring (bicyclic) bond motifs is 2. The van der Waals surface area contributed by atoms with Gasteiger partial charge in [-0.15, -0.1) is 0 Å². The van der Waals surface area contributed by atoms with Crippen LogP contribution in [0.3, 0.4) is 0 Å². The zero-order valence-corrected chi connectivity index (χ0v) is 21.0. The van der Waals surface area contributed by atoms with Crippen LogP contribution in [0, 0.1) is 0 Å². The molecule has 0 aromatic heterocycles. The van der Waals surface area contributed by atoms with Gasteiger partial charge < -0.3 is 19.3 Å². The average Bonchev–Trinajstić information content (AvgIpc) is 3.54. The molecule has 9 heteroatoms. The molecule has 9 nitrogen and oxygen atoms in total. The first kappa shape index (κ1) is 24.8. The highest BCUT2D eigenvalue weighted by Gasteiger charge is 2.32. The number of amides is 2. The van der Waals surface area contributed by atoms with Gasteiger partial charge in [0.25, 0.3) is 0 Å². The van der Waals surface area contributed by atoms with Gasteiger partial charge in [-0.25, -0.2) is 9.79 Å². The Hall–Kier alpha value is -3.88. The summed E-state index contributed by atoms with van der Waals surface area (Å²) in [5.41, 5.74) is 2.29. The molecule has 2 fully saturated rings. The molecule has 1 saturated carbocycles. The van der Waals surface area contributed by atoms with Gasteiger partial charge in [-0.1, -0.05) is 31.0 Å². The molecule has 0 bridgehead atoms. The van der Waals surface area contributed by atoms with E-state index in [1.54, 1.807) is 36.1 Å². The second-order valence-electron chi connectivity index (χ2n) is 9.69. The van der Waals surface area contributed by atoms with Crippen LogP contribution in [0.4, 0.5) is 5.69 Å². The van der Waals surface area contributed by atoms with Crippen molar-refractivity contribution in [2.24, 2.45) is 4.99 Å². The molecule has 1 atom stereocenters. The molecule has 2 amide bonds. The Morgan fingerprint density at radius 3 is 2.70 bits per heavy atom. The Bertz CT molecular complexity index is 1190. The van der Waals surface area contributed by atoms with Crippen LogP contribution in [-0.2, 0) is 20.9 Å². The van der Waals surface area contributed by atoms with Crippen LogP contribution in [0.15, 0.2) is 53.5 Å². The Morgan fingerprint density at radius 2 is 1.92 bits per heavy atom. The maximum atomic E-state index is 13.3. The summed E-state index contributed by atoms with van der Waals surface area (Å²) < 4.78 is 11.6. The minimum Gasteiger partial charge on any atom is -0.494 e. The molecule has 1 aliphatic carbocycles. The van der Waals surface area contributed by atoms with Crippen molar-refractivity contribution < 1.29 is 23.9 Å². The van der Waals surface area contributed by atoms with Crippen molar-refractivity contribution >= 4 is 29.4 Å². The fraction of sp³-hybridized carbons (Fsp3) is 0.429. The molecule has 0 radical (unpaired) electrons. The molecule has 0 spiro atoms. The highest BCUT2D eigenvalue weighted by molar-refractivity contribution is 6.05. The SMILES string of the molecule is CC(OC(=O)c1ccccc1)N(C(=O)CCCOc1ccc2c(c1)CN1CC(=O)NC1=N2)C1CCCC1. The van der Waals surface area contributed by atoms with Crippen molar-refractivity contribution in [2.45, 2.75) is 64.3 Å². The fourth-order valence-corrected chi connectivity index (χ4v) is 5.21. The Kier molecular flexibility index (Phi) is 7.39. The predicted octanol–water partition coefficient (Wildman–Crippen LogP) is 3.75. The molecule has 2 aromatic rings. The topological polar surface area (TPSA) is 101 Å². The van der Waals surface area contributed by atoms with E-state index in [1.807, 2.05) is 29.2 Å². The maximum Gasteiger partial charge on any atom is 0.340 e. The molecular weight excluding hydrogens is 472 g/mol. The van der Waals surface area contributed by atoms with Crippen LogP contribution in [0.5, 0.6) is 5.75 Å². The van der Waals surface area contributed by atoms with E-state index in [2.05, 4.69) is 10.3 Å². The van der Waals surface area contributed by atoms with E-state index >= 15 is 0 Å². The Balaban J connectivity index is 1.14. The first-order valence-electron chi connectivity index (χ1n) is 12.9. The van der Waals surface area contributed by atoms with E-state index in [0.717, 1.165) is 36.9 Å². The van der Waals surface area contributed by atoms with Gasteiger partial charge >= 0.3 is 5.97 Å². The van der Waals surface area contributed by atoms with Crippen molar-refractivity contribution in [1.29, 1.82) is 0 Å². The van der Waals surface area contributed by atoms with Crippen LogP contribution in [-0.4, -0.2) is 59.0 Å². The second-order valence-corrected chi connectivity index (χ2v) is 9.69. The summed E-state index contributed by atoms with van der Waals surface area (Å²) in [6.07, 6.45) is 4.21. The van der Waals surface area contributed by atoms with Gasteiger partial charge in [0.1, 0.15) is 12.3 Å². The lowest BCUT2D eigenvalue weighted by molar-refractivity contribution is -0.145. The first-order chi connectivity index (χ1) is 18.0. The summed E-state index contributed by atoms with van der Waals surface area (Å²) >= 11 is 0. The number of carbonyl (C=O) groups is 3. The lowest BCUT2D eigenvalue weighted by Gasteiger charge is -2.34. The van der Waals surface area contributed by atoms with Gasteiger partial charge in [0.05, 0.1) is 17.9 Å². The van der Waals surface area contributed by atoms with E-state index in [1.165, 1.54) is 0 Å².